The zero-order chi connectivity index (χ0) is 24.3. The molecular weight excluding hydrogens is 482 g/mol. The van der Waals surface area contributed by atoms with Crippen LogP contribution in [0.15, 0.2) is 101 Å². The van der Waals surface area contributed by atoms with E-state index in [0.29, 0.717) is 0 Å². The molecular formula is C30H27N3OS2. The van der Waals surface area contributed by atoms with E-state index in [1.807, 2.05) is 41.0 Å². The van der Waals surface area contributed by atoms with E-state index >= 15 is 0 Å². The minimum absolute atomic E-state index is 0.0578. The fraction of sp³-hybridized carbons (Fsp3) is 0.200. The van der Waals surface area contributed by atoms with E-state index in [4.69, 9.17) is 4.98 Å². The van der Waals surface area contributed by atoms with Crippen LogP contribution in [0.2, 0.25) is 0 Å². The maximum absolute atomic E-state index is 14.0. The number of nitrogens with zero attached hydrogens (tertiary/aromatic N) is 3. The number of para-hydroxylation sites is 1. The monoisotopic (exact) mass is 509 g/mol. The van der Waals surface area contributed by atoms with Crippen LogP contribution in [0.5, 0.6) is 0 Å². The Balaban J connectivity index is 1.35. The third-order valence-electron chi connectivity index (χ3n) is 6.65. The van der Waals surface area contributed by atoms with Crippen LogP contribution in [0.1, 0.15) is 21.6 Å². The molecule has 0 spiro atoms. The summed E-state index contributed by atoms with van der Waals surface area (Å²) in [6.45, 7) is 2.75. The summed E-state index contributed by atoms with van der Waals surface area (Å²) in [4.78, 5) is 23.7. The van der Waals surface area contributed by atoms with E-state index in [-0.39, 0.29) is 5.56 Å². The summed E-state index contributed by atoms with van der Waals surface area (Å²) in [6.07, 6.45) is 1.82. The molecule has 0 radical (unpaired) electrons. The zero-order valence-electron chi connectivity index (χ0n) is 20.0. The summed E-state index contributed by atoms with van der Waals surface area (Å²) in [7, 11) is 0. The number of thiophene rings is 1. The quantitative estimate of drug-likeness (QED) is 0.190. The van der Waals surface area contributed by atoms with Crippen LogP contribution in [0.25, 0.3) is 15.9 Å². The molecule has 0 bridgehead atoms. The first-order chi connectivity index (χ1) is 17.8. The summed E-state index contributed by atoms with van der Waals surface area (Å²) in [5.41, 5.74) is 4.75. The van der Waals surface area contributed by atoms with Crippen molar-refractivity contribution >= 4 is 33.3 Å². The van der Waals surface area contributed by atoms with Crippen LogP contribution < -0.4 is 5.56 Å². The van der Waals surface area contributed by atoms with Crippen molar-refractivity contribution in [2.45, 2.75) is 31.1 Å². The Hall–Kier alpha value is -3.19. The van der Waals surface area contributed by atoms with Crippen LogP contribution in [0, 0.1) is 0 Å². The Morgan fingerprint density at radius 2 is 1.53 bits per heavy atom. The predicted octanol–water partition coefficient (Wildman–Crippen LogP) is 6.34. The second-order valence-corrected chi connectivity index (χ2v) is 11.2. The summed E-state index contributed by atoms with van der Waals surface area (Å²) in [6, 6.07) is 31.0. The van der Waals surface area contributed by atoms with Crippen molar-refractivity contribution in [2.24, 2.45) is 0 Å². The molecule has 36 heavy (non-hydrogen) atoms. The van der Waals surface area contributed by atoms with E-state index < -0.39 is 0 Å². The molecule has 0 saturated carbocycles. The minimum Gasteiger partial charge on any atom is -0.294 e. The van der Waals surface area contributed by atoms with Crippen LogP contribution in [0.3, 0.4) is 0 Å². The third kappa shape index (κ3) is 4.76. The highest BCUT2D eigenvalue weighted by atomic mass is 32.2. The molecule has 0 N–H and O–H groups in total. The van der Waals surface area contributed by atoms with E-state index in [9.17, 15) is 4.79 Å². The van der Waals surface area contributed by atoms with Gasteiger partial charge in [-0.3, -0.25) is 14.3 Å². The minimum atomic E-state index is 0.0578. The summed E-state index contributed by atoms with van der Waals surface area (Å²) in [5.74, 6) is 0.866. The Morgan fingerprint density at radius 3 is 2.25 bits per heavy atom. The highest BCUT2D eigenvalue weighted by Crippen LogP contribution is 2.34. The van der Waals surface area contributed by atoms with E-state index in [2.05, 4.69) is 59.5 Å². The Morgan fingerprint density at radius 1 is 0.861 bits per heavy atom. The summed E-state index contributed by atoms with van der Waals surface area (Å²) in [5, 5.41) is 1.58. The topological polar surface area (TPSA) is 38.1 Å². The van der Waals surface area contributed by atoms with Crippen LogP contribution in [-0.4, -0.2) is 26.7 Å². The van der Waals surface area contributed by atoms with Gasteiger partial charge in [-0.2, -0.15) is 0 Å². The number of hydrogen-bond donors (Lipinski definition) is 0. The lowest BCUT2D eigenvalue weighted by Crippen LogP contribution is -2.30. The maximum atomic E-state index is 14.0. The van der Waals surface area contributed by atoms with E-state index in [1.165, 1.54) is 21.6 Å². The molecule has 3 aromatic carbocycles. The largest absolute Gasteiger partial charge is 0.294 e. The summed E-state index contributed by atoms with van der Waals surface area (Å²) >= 11 is 3.36. The van der Waals surface area contributed by atoms with Crippen molar-refractivity contribution in [2.75, 3.05) is 12.3 Å². The number of aryl methyl sites for hydroxylation is 1. The fourth-order valence-electron chi connectivity index (χ4n) is 4.86. The molecule has 0 aliphatic carbocycles. The molecule has 5 aromatic rings. The molecule has 4 nitrogen and oxygen atoms in total. The highest BCUT2D eigenvalue weighted by Gasteiger charge is 2.25. The second kappa shape index (κ2) is 10.4. The molecule has 6 rings (SSSR count). The van der Waals surface area contributed by atoms with Crippen molar-refractivity contribution < 1.29 is 0 Å². The van der Waals surface area contributed by atoms with Crippen molar-refractivity contribution in [3.63, 3.8) is 0 Å². The van der Waals surface area contributed by atoms with Gasteiger partial charge in [-0.25, -0.2) is 4.98 Å². The summed E-state index contributed by atoms with van der Waals surface area (Å²) < 4.78 is 1.82. The van der Waals surface area contributed by atoms with Gasteiger partial charge in [0.15, 0.2) is 5.16 Å². The smallest absolute Gasteiger partial charge is 0.267 e. The lowest BCUT2D eigenvalue weighted by molar-refractivity contribution is 0.249. The third-order valence-corrected chi connectivity index (χ3v) is 8.70. The fourth-order valence-corrected chi connectivity index (χ4v) is 7.16. The van der Waals surface area contributed by atoms with Gasteiger partial charge >= 0.3 is 0 Å². The number of benzene rings is 3. The lowest BCUT2D eigenvalue weighted by Gasteiger charge is -2.26. The first kappa shape index (κ1) is 23.2. The van der Waals surface area contributed by atoms with Crippen molar-refractivity contribution in [3.8, 4) is 5.69 Å². The second-order valence-electron chi connectivity index (χ2n) is 9.08. The molecule has 6 heteroatoms. The molecule has 1 aliphatic heterocycles. The predicted molar refractivity (Wildman–Crippen MR) is 150 cm³/mol. The van der Waals surface area contributed by atoms with E-state index in [1.54, 1.807) is 23.1 Å². The van der Waals surface area contributed by atoms with Gasteiger partial charge in [0.25, 0.3) is 5.56 Å². The van der Waals surface area contributed by atoms with Gasteiger partial charge < -0.3 is 0 Å². The Labute approximate surface area is 219 Å². The number of thioether (sulfide) groups is 1. The molecule has 180 valence electrons. The maximum Gasteiger partial charge on any atom is 0.267 e. The standard InChI is InChI=1S/C30H27N3OS2/c34-29-27-25-16-18-32(20-23-12-6-2-7-13-23)21-26(25)36-28(27)31-30(33(29)24-14-8-3-9-15-24)35-19-17-22-10-4-1-5-11-22/h1-15H,16-21H2. The average Bonchev–Trinajstić information content (AvgIpc) is 3.28. The van der Waals surface area contributed by atoms with Crippen molar-refractivity contribution in [3.05, 3.63) is 123 Å². The first-order valence-electron chi connectivity index (χ1n) is 12.3. The van der Waals surface area contributed by atoms with Crippen molar-refractivity contribution in [1.29, 1.82) is 0 Å². The SMILES string of the molecule is O=c1c2c3c(sc2nc(SCCc2ccccc2)n1-c1ccccc1)CN(Cc1ccccc1)CC3. The van der Waals surface area contributed by atoms with Gasteiger partial charge in [0.05, 0.1) is 11.1 Å². The molecule has 3 heterocycles. The lowest BCUT2D eigenvalue weighted by atomic mass is 10.0. The van der Waals surface area contributed by atoms with Gasteiger partial charge in [0.2, 0.25) is 0 Å². The Kier molecular flexibility index (Phi) is 6.73. The Bertz CT molecular complexity index is 1530. The number of rotatable bonds is 7. The molecule has 2 aromatic heterocycles. The van der Waals surface area contributed by atoms with Gasteiger partial charge in [0, 0.05) is 30.3 Å². The molecule has 0 unspecified atom stereocenters. The highest BCUT2D eigenvalue weighted by molar-refractivity contribution is 7.99. The van der Waals surface area contributed by atoms with Crippen LogP contribution in [-0.2, 0) is 25.9 Å². The van der Waals surface area contributed by atoms with E-state index in [0.717, 1.165) is 59.3 Å². The number of hydrogen-bond acceptors (Lipinski definition) is 5. The van der Waals surface area contributed by atoms with Crippen LogP contribution >= 0.6 is 23.1 Å². The van der Waals surface area contributed by atoms with Gasteiger partial charge in [0.1, 0.15) is 4.83 Å². The molecule has 0 saturated heterocycles. The molecule has 0 fully saturated rings. The van der Waals surface area contributed by atoms with Gasteiger partial charge in [-0.05, 0) is 41.7 Å². The number of aromatic nitrogens is 2. The molecule has 0 amide bonds. The number of fused-ring (bicyclic) bond motifs is 3. The zero-order valence-corrected chi connectivity index (χ0v) is 21.6. The van der Waals surface area contributed by atoms with Crippen molar-refractivity contribution in [1.82, 2.24) is 14.5 Å². The van der Waals surface area contributed by atoms with Gasteiger partial charge in [-0.15, -0.1) is 11.3 Å². The normalized spacial score (nSPS) is 13.7. The average molecular weight is 510 g/mol. The first-order valence-corrected chi connectivity index (χ1v) is 14.1. The van der Waals surface area contributed by atoms with Gasteiger partial charge in [-0.1, -0.05) is 90.6 Å². The molecule has 0 atom stereocenters. The van der Waals surface area contributed by atoms with Crippen LogP contribution in [0.4, 0.5) is 0 Å². The molecule has 1 aliphatic rings.